The Balaban J connectivity index is 1.96. The van der Waals surface area contributed by atoms with Crippen LogP contribution in [0.25, 0.3) is 0 Å². The molecule has 0 bridgehead atoms. The molecule has 0 aromatic carbocycles. The molecule has 21 heavy (non-hydrogen) atoms. The van der Waals surface area contributed by atoms with Crippen LogP contribution in [0.3, 0.4) is 0 Å². The fourth-order valence-electron chi connectivity index (χ4n) is 2.86. The highest BCUT2D eigenvalue weighted by atomic mass is 16.5. The van der Waals surface area contributed by atoms with Crippen LogP contribution < -0.4 is 10.5 Å². The van der Waals surface area contributed by atoms with Crippen LogP contribution in [0.4, 0.5) is 0 Å². The van der Waals surface area contributed by atoms with Gasteiger partial charge in [-0.25, -0.2) is 0 Å². The SMILES string of the molecule is CN(C)C(=O)c1cc(OCC2CCCCC2CN)ccn1. The maximum absolute atomic E-state index is 11.9. The molecule has 5 heteroatoms. The van der Waals surface area contributed by atoms with Crippen molar-refractivity contribution in [3.63, 3.8) is 0 Å². The Morgan fingerprint density at radius 2 is 2.10 bits per heavy atom. The van der Waals surface area contributed by atoms with E-state index in [2.05, 4.69) is 4.98 Å². The number of rotatable bonds is 5. The lowest BCUT2D eigenvalue weighted by molar-refractivity contribution is 0.0821. The summed E-state index contributed by atoms with van der Waals surface area (Å²) >= 11 is 0. The first-order valence-electron chi connectivity index (χ1n) is 7.62. The zero-order chi connectivity index (χ0) is 15.2. The van der Waals surface area contributed by atoms with Crippen LogP contribution in [-0.4, -0.2) is 43.0 Å². The van der Waals surface area contributed by atoms with Crippen molar-refractivity contribution in [3.05, 3.63) is 24.0 Å². The van der Waals surface area contributed by atoms with Gasteiger partial charge in [0.2, 0.25) is 0 Å². The van der Waals surface area contributed by atoms with Crippen molar-refractivity contribution in [3.8, 4) is 5.75 Å². The number of carbonyl (C=O) groups excluding carboxylic acids is 1. The molecule has 2 atom stereocenters. The number of hydrogen-bond acceptors (Lipinski definition) is 4. The van der Waals surface area contributed by atoms with Gasteiger partial charge in [0.1, 0.15) is 11.4 Å². The highest BCUT2D eigenvalue weighted by Gasteiger charge is 2.24. The van der Waals surface area contributed by atoms with Gasteiger partial charge in [0.05, 0.1) is 6.61 Å². The second-order valence-corrected chi connectivity index (χ2v) is 5.93. The molecule has 0 aliphatic heterocycles. The van der Waals surface area contributed by atoms with E-state index in [-0.39, 0.29) is 5.91 Å². The first kappa shape index (κ1) is 15.8. The van der Waals surface area contributed by atoms with Crippen molar-refractivity contribution < 1.29 is 9.53 Å². The molecule has 1 aliphatic carbocycles. The highest BCUT2D eigenvalue weighted by Crippen LogP contribution is 2.29. The van der Waals surface area contributed by atoms with E-state index in [9.17, 15) is 4.79 Å². The van der Waals surface area contributed by atoms with Gasteiger partial charge in [-0.15, -0.1) is 0 Å². The third-order valence-electron chi connectivity index (χ3n) is 4.19. The minimum Gasteiger partial charge on any atom is -0.493 e. The molecule has 1 saturated carbocycles. The zero-order valence-electron chi connectivity index (χ0n) is 12.9. The number of aromatic nitrogens is 1. The van der Waals surface area contributed by atoms with Crippen LogP contribution in [-0.2, 0) is 0 Å². The summed E-state index contributed by atoms with van der Waals surface area (Å²) in [5.74, 6) is 1.67. The Kier molecular flexibility index (Phi) is 5.56. The predicted octanol–water partition coefficient (Wildman–Crippen LogP) is 1.93. The van der Waals surface area contributed by atoms with E-state index in [1.165, 1.54) is 30.6 Å². The lowest BCUT2D eigenvalue weighted by atomic mass is 9.80. The molecule has 1 aromatic heterocycles. The van der Waals surface area contributed by atoms with E-state index in [1.807, 2.05) is 0 Å². The number of carbonyl (C=O) groups is 1. The van der Waals surface area contributed by atoms with E-state index in [1.54, 1.807) is 32.4 Å². The van der Waals surface area contributed by atoms with Gasteiger partial charge >= 0.3 is 0 Å². The lowest BCUT2D eigenvalue weighted by Gasteiger charge is -2.30. The average molecular weight is 291 g/mol. The standard InChI is InChI=1S/C16H25N3O2/c1-19(2)16(20)15-9-14(7-8-18-15)21-11-13-6-4-3-5-12(13)10-17/h7-9,12-13H,3-6,10-11,17H2,1-2H3. The first-order chi connectivity index (χ1) is 10.1. The molecule has 0 radical (unpaired) electrons. The summed E-state index contributed by atoms with van der Waals surface area (Å²) < 4.78 is 5.88. The average Bonchev–Trinajstić information content (AvgIpc) is 2.52. The predicted molar refractivity (Wildman–Crippen MR) is 82.3 cm³/mol. The molecule has 1 heterocycles. The molecule has 2 N–H and O–H groups in total. The normalized spacial score (nSPS) is 21.9. The van der Waals surface area contributed by atoms with Crippen molar-refractivity contribution in [2.75, 3.05) is 27.2 Å². The Hall–Kier alpha value is -1.62. The summed E-state index contributed by atoms with van der Waals surface area (Å²) in [6.07, 6.45) is 6.52. The summed E-state index contributed by atoms with van der Waals surface area (Å²) in [5, 5.41) is 0. The molecular weight excluding hydrogens is 266 g/mol. The van der Waals surface area contributed by atoms with E-state index in [0.717, 1.165) is 6.54 Å². The number of ether oxygens (including phenoxy) is 1. The molecule has 2 rings (SSSR count). The van der Waals surface area contributed by atoms with Gasteiger partial charge in [0.15, 0.2) is 0 Å². The molecule has 2 unspecified atom stereocenters. The summed E-state index contributed by atoms with van der Waals surface area (Å²) in [5.41, 5.74) is 6.26. The minimum atomic E-state index is -0.113. The summed E-state index contributed by atoms with van der Waals surface area (Å²) in [7, 11) is 3.43. The molecule has 0 spiro atoms. The first-order valence-corrected chi connectivity index (χ1v) is 7.62. The van der Waals surface area contributed by atoms with Crippen molar-refractivity contribution in [2.24, 2.45) is 17.6 Å². The van der Waals surface area contributed by atoms with Gasteiger partial charge < -0.3 is 15.4 Å². The topological polar surface area (TPSA) is 68.5 Å². The van der Waals surface area contributed by atoms with Crippen LogP contribution in [0.15, 0.2) is 18.3 Å². The Morgan fingerprint density at radius 1 is 1.38 bits per heavy atom. The third-order valence-corrected chi connectivity index (χ3v) is 4.19. The molecule has 116 valence electrons. The molecule has 1 amide bonds. The van der Waals surface area contributed by atoms with Crippen molar-refractivity contribution in [2.45, 2.75) is 25.7 Å². The lowest BCUT2D eigenvalue weighted by Crippen LogP contribution is -2.30. The number of amides is 1. The fraction of sp³-hybridized carbons (Fsp3) is 0.625. The smallest absolute Gasteiger partial charge is 0.272 e. The minimum absolute atomic E-state index is 0.113. The number of nitrogens with two attached hydrogens (primary N) is 1. The molecular formula is C16H25N3O2. The van der Waals surface area contributed by atoms with Gasteiger partial charge in [-0.05, 0) is 37.3 Å². The van der Waals surface area contributed by atoms with E-state index >= 15 is 0 Å². The van der Waals surface area contributed by atoms with Gasteiger partial charge in [-0.3, -0.25) is 9.78 Å². The van der Waals surface area contributed by atoms with Crippen LogP contribution in [0.1, 0.15) is 36.2 Å². The number of pyridine rings is 1. The van der Waals surface area contributed by atoms with Gasteiger partial charge in [-0.1, -0.05) is 12.8 Å². The largest absolute Gasteiger partial charge is 0.493 e. The van der Waals surface area contributed by atoms with E-state index in [4.69, 9.17) is 10.5 Å². The Morgan fingerprint density at radius 3 is 2.76 bits per heavy atom. The van der Waals surface area contributed by atoms with Crippen molar-refractivity contribution >= 4 is 5.91 Å². The second kappa shape index (κ2) is 7.41. The van der Waals surface area contributed by atoms with Crippen LogP contribution in [0.5, 0.6) is 5.75 Å². The van der Waals surface area contributed by atoms with Crippen LogP contribution >= 0.6 is 0 Å². The molecule has 1 fully saturated rings. The maximum Gasteiger partial charge on any atom is 0.272 e. The van der Waals surface area contributed by atoms with E-state index < -0.39 is 0 Å². The molecule has 1 aromatic rings. The van der Waals surface area contributed by atoms with Gasteiger partial charge in [0.25, 0.3) is 5.91 Å². The van der Waals surface area contributed by atoms with Crippen LogP contribution in [0.2, 0.25) is 0 Å². The second-order valence-electron chi connectivity index (χ2n) is 5.93. The summed E-state index contributed by atoms with van der Waals surface area (Å²) in [6, 6.07) is 3.51. The molecule has 5 nitrogen and oxygen atoms in total. The highest BCUT2D eigenvalue weighted by molar-refractivity contribution is 5.92. The Bertz CT molecular complexity index is 476. The third kappa shape index (κ3) is 4.17. The van der Waals surface area contributed by atoms with Crippen molar-refractivity contribution in [1.29, 1.82) is 0 Å². The van der Waals surface area contributed by atoms with Gasteiger partial charge in [0, 0.05) is 26.4 Å². The quantitative estimate of drug-likeness (QED) is 0.900. The number of nitrogens with zero attached hydrogens (tertiary/aromatic N) is 2. The summed E-state index contributed by atoms with van der Waals surface area (Å²) in [6.45, 7) is 1.40. The van der Waals surface area contributed by atoms with Crippen molar-refractivity contribution in [1.82, 2.24) is 9.88 Å². The molecule has 1 aliphatic rings. The van der Waals surface area contributed by atoms with E-state index in [0.29, 0.717) is 29.9 Å². The number of hydrogen-bond donors (Lipinski definition) is 1. The zero-order valence-corrected chi connectivity index (χ0v) is 12.9. The Labute approximate surface area is 126 Å². The fourth-order valence-corrected chi connectivity index (χ4v) is 2.86. The van der Waals surface area contributed by atoms with Gasteiger partial charge in [-0.2, -0.15) is 0 Å². The molecule has 0 saturated heterocycles. The maximum atomic E-state index is 11.9. The monoisotopic (exact) mass is 291 g/mol. The van der Waals surface area contributed by atoms with Crippen LogP contribution in [0, 0.1) is 11.8 Å². The summed E-state index contributed by atoms with van der Waals surface area (Å²) in [4.78, 5) is 17.5.